The number of benzene rings is 4. The summed E-state index contributed by atoms with van der Waals surface area (Å²) in [5.74, 6) is 1.04. The second kappa shape index (κ2) is 12.5. The van der Waals surface area contributed by atoms with Crippen molar-refractivity contribution in [3.8, 4) is 5.75 Å². The molecule has 2 atom stereocenters. The summed E-state index contributed by atoms with van der Waals surface area (Å²) < 4.78 is 6.80. The van der Waals surface area contributed by atoms with E-state index in [-0.39, 0.29) is 10.6 Å². The van der Waals surface area contributed by atoms with Gasteiger partial charge in [0.15, 0.2) is 0 Å². The zero-order chi connectivity index (χ0) is 28.9. The van der Waals surface area contributed by atoms with Gasteiger partial charge in [0, 0.05) is 34.5 Å². The molecule has 0 radical (unpaired) electrons. The highest BCUT2D eigenvalue weighted by Crippen LogP contribution is 2.51. The highest BCUT2D eigenvalue weighted by molar-refractivity contribution is 7.49. The summed E-state index contributed by atoms with van der Waals surface area (Å²) >= 11 is 0. The van der Waals surface area contributed by atoms with Crippen molar-refractivity contribution < 1.29 is 4.74 Å². The van der Waals surface area contributed by atoms with Gasteiger partial charge in [-0.3, -0.25) is 4.99 Å². The highest BCUT2D eigenvalue weighted by Gasteiger charge is 2.34. The van der Waals surface area contributed by atoms with Crippen molar-refractivity contribution in [1.82, 2.24) is 0 Å². The Morgan fingerprint density at radius 3 is 2.02 bits per heavy atom. The van der Waals surface area contributed by atoms with E-state index in [1.165, 1.54) is 38.7 Å². The molecule has 0 N–H and O–H groups in total. The average Bonchev–Trinajstić information content (AvgIpc) is 2.94. The first-order valence-electron chi connectivity index (χ1n) is 14.3. The summed E-state index contributed by atoms with van der Waals surface area (Å²) in [6.45, 7) is 16.6. The zero-order valence-electron chi connectivity index (χ0n) is 25.4. The average molecular weight is 550 g/mol. The molecule has 0 saturated carbocycles. The summed E-state index contributed by atoms with van der Waals surface area (Å²) in [5.41, 5.74) is 9.72. The summed E-state index contributed by atoms with van der Waals surface area (Å²) in [7, 11) is 2.45. The highest BCUT2D eigenvalue weighted by atomic mass is 31.1. The first-order valence-corrected chi connectivity index (χ1v) is 15.3. The lowest BCUT2D eigenvalue weighted by atomic mass is 9.81. The van der Waals surface area contributed by atoms with Crippen molar-refractivity contribution in [2.24, 2.45) is 4.99 Å². The van der Waals surface area contributed by atoms with Gasteiger partial charge in [0.2, 0.25) is 0 Å². The fourth-order valence-electron chi connectivity index (χ4n) is 5.28. The lowest BCUT2D eigenvalue weighted by Crippen LogP contribution is -2.26. The van der Waals surface area contributed by atoms with Crippen LogP contribution in [0.25, 0.3) is 0 Å². The molecule has 2 nitrogen and oxygen atoms in total. The van der Waals surface area contributed by atoms with Gasteiger partial charge in [-0.05, 0) is 42.1 Å². The third-order valence-corrected chi connectivity index (χ3v) is 9.86. The molecular weight excluding hydrogens is 505 g/mol. The molecule has 208 valence electrons. The molecule has 0 heterocycles. The molecule has 0 spiro atoms. The van der Waals surface area contributed by atoms with E-state index >= 15 is 0 Å². The Bertz CT molecular complexity index is 1470. The van der Waals surface area contributed by atoms with Gasteiger partial charge in [-0.15, -0.1) is 0 Å². The van der Waals surface area contributed by atoms with Crippen molar-refractivity contribution in [1.29, 1.82) is 0 Å². The van der Waals surface area contributed by atoms with E-state index in [1.54, 1.807) is 0 Å². The van der Waals surface area contributed by atoms with E-state index < -0.39 is 0 Å². The molecule has 3 heteroatoms. The molecule has 4 aromatic carbocycles. The van der Waals surface area contributed by atoms with Crippen LogP contribution < -0.4 is 10.0 Å². The van der Waals surface area contributed by atoms with E-state index in [0.29, 0.717) is 15.2 Å². The van der Waals surface area contributed by atoms with Gasteiger partial charge in [0.05, 0.1) is 5.71 Å². The van der Waals surface area contributed by atoms with Gasteiger partial charge in [-0.1, -0.05) is 140 Å². The monoisotopic (exact) mass is 549 g/mol. The topological polar surface area (TPSA) is 21.6 Å². The molecule has 40 heavy (non-hydrogen) atoms. The molecule has 0 saturated heterocycles. The molecule has 0 aliphatic rings. The number of aliphatic imine (C=N–C) groups is 1. The predicted molar refractivity (Wildman–Crippen MR) is 175 cm³/mol. The number of rotatable bonds is 9. The van der Waals surface area contributed by atoms with Crippen LogP contribution in [0.2, 0.25) is 0 Å². The minimum atomic E-state index is -0.117. The van der Waals surface area contributed by atoms with Gasteiger partial charge in [-0.2, -0.15) is 0 Å². The van der Waals surface area contributed by atoms with Crippen LogP contribution in [-0.2, 0) is 17.2 Å². The minimum absolute atomic E-state index is 0.0479. The molecule has 4 aromatic rings. The summed E-state index contributed by atoms with van der Waals surface area (Å²) in [6, 6.07) is 32.4. The Balaban J connectivity index is 1.86. The van der Waals surface area contributed by atoms with Crippen LogP contribution in [-0.4, -0.2) is 12.8 Å². The molecule has 0 aliphatic carbocycles. The molecule has 0 aromatic heterocycles. The molecule has 0 amide bonds. The van der Waals surface area contributed by atoms with Crippen molar-refractivity contribution in [3.63, 3.8) is 0 Å². The maximum atomic E-state index is 6.80. The van der Waals surface area contributed by atoms with Crippen LogP contribution >= 0.6 is 8.58 Å². The lowest BCUT2D eigenvalue weighted by molar-refractivity contribution is 0.291. The third kappa shape index (κ3) is 6.56. The molecule has 4 rings (SSSR count). The second-order valence-electron chi connectivity index (χ2n) is 12.0. The van der Waals surface area contributed by atoms with Crippen molar-refractivity contribution in [2.75, 3.05) is 7.05 Å². The maximum Gasteiger partial charge on any atom is 0.127 e. The first-order chi connectivity index (χ1) is 19.1. The minimum Gasteiger partial charge on any atom is -0.488 e. The number of hydrogen-bond acceptors (Lipinski definition) is 2. The van der Waals surface area contributed by atoms with Crippen molar-refractivity contribution >= 4 is 19.6 Å². The fraction of sp³-hybridized carbons (Fsp3) is 0.324. The Hall–Kier alpha value is -3.22. The zero-order valence-corrected chi connectivity index (χ0v) is 26.4. The van der Waals surface area contributed by atoms with Gasteiger partial charge < -0.3 is 4.74 Å². The van der Waals surface area contributed by atoms with Crippen LogP contribution in [0.5, 0.6) is 5.75 Å². The van der Waals surface area contributed by atoms with E-state index in [1.807, 2.05) is 7.05 Å². The maximum absolute atomic E-state index is 6.80. The number of ether oxygens (including phenoxy) is 1. The standard InChI is InChI=1S/C37H44NOP/c1-9-37(7,40-35-27(3)17-16-22-30(35)33(38-8)29-20-14-11-15-21-29)32-24-26(2)23-31(36(4,5)6)34(32)39-25-28-18-12-10-13-19-28/h10-24,40H,9,25H2,1-8H3. The summed E-state index contributed by atoms with van der Waals surface area (Å²) in [6.07, 6.45) is 0.998. The van der Waals surface area contributed by atoms with Crippen LogP contribution in [0.3, 0.4) is 0 Å². The van der Waals surface area contributed by atoms with Crippen LogP contribution in [0.4, 0.5) is 0 Å². The molecule has 0 fully saturated rings. The predicted octanol–water partition coefficient (Wildman–Crippen LogP) is 9.28. The Morgan fingerprint density at radius 1 is 0.800 bits per heavy atom. The SMILES string of the molecule is CCC(C)(Pc1c(C)cccc1C(=NC)c1ccccc1)c1cc(C)cc(C(C)(C)C)c1OCc1ccccc1. The molecule has 0 bridgehead atoms. The van der Waals surface area contributed by atoms with E-state index in [9.17, 15) is 0 Å². The van der Waals surface area contributed by atoms with E-state index in [2.05, 4.69) is 139 Å². The van der Waals surface area contributed by atoms with Crippen molar-refractivity contribution in [2.45, 2.75) is 72.1 Å². The number of aryl methyl sites for hydroxylation is 2. The smallest absolute Gasteiger partial charge is 0.127 e. The van der Waals surface area contributed by atoms with E-state index in [0.717, 1.165) is 23.4 Å². The van der Waals surface area contributed by atoms with Gasteiger partial charge in [0.1, 0.15) is 12.4 Å². The Labute approximate surface area is 243 Å². The Morgan fingerprint density at radius 2 is 1.43 bits per heavy atom. The van der Waals surface area contributed by atoms with E-state index in [4.69, 9.17) is 9.73 Å². The third-order valence-electron chi connectivity index (χ3n) is 7.77. The number of hydrogen-bond donors (Lipinski definition) is 0. The van der Waals surface area contributed by atoms with Gasteiger partial charge >= 0.3 is 0 Å². The quantitative estimate of drug-likeness (QED) is 0.151. The van der Waals surface area contributed by atoms with Crippen LogP contribution in [0.1, 0.15) is 80.0 Å². The van der Waals surface area contributed by atoms with Gasteiger partial charge in [-0.25, -0.2) is 0 Å². The Kier molecular flexibility index (Phi) is 9.32. The van der Waals surface area contributed by atoms with Gasteiger partial charge in [0.25, 0.3) is 0 Å². The molecular formula is C37H44NOP. The fourth-order valence-corrected chi connectivity index (χ4v) is 6.95. The lowest BCUT2D eigenvalue weighted by Gasteiger charge is -2.35. The normalized spacial score (nSPS) is 13.9. The summed E-state index contributed by atoms with van der Waals surface area (Å²) in [5, 5.41) is 1.26. The summed E-state index contributed by atoms with van der Waals surface area (Å²) in [4.78, 5) is 4.80. The van der Waals surface area contributed by atoms with Crippen LogP contribution in [0.15, 0.2) is 96.0 Å². The van der Waals surface area contributed by atoms with Crippen LogP contribution in [0, 0.1) is 13.8 Å². The number of nitrogens with zero attached hydrogens (tertiary/aromatic N) is 1. The first kappa shape index (κ1) is 29.8. The van der Waals surface area contributed by atoms with Crippen molar-refractivity contribution in [3.05, 3.63) is 130 Å². The second-order valence-corrected chi connectivity index (χ2v) is 13.8. The molecule has 0 aliphatic heterocycles. The largest absolute Gasteiger partial charge is 0.488 e. The molecule has 2 unspecified atom stereocenters.